The van der Waals surface area contributed by atoms with Gasteiger partial charge in [0.1, 0.15) is 5.75 Å². The van der Waals surface area contributed by atoms with Crippen molar-refractivity contribution < 1.29 is 4.74 Å². The highest BCUT2D eigenvalue weighted by molar-refractivity contribution is 5.27. The number of methoxy groups -OCH3 is 1. The summed E-state index contributed by atoms with van der Waals surface area (Å²) < 4.78 is 5.19. The molecule has 0 bridgehead atoms. The van der Waals surface area contributed by atoms with Gasteiger partial charge in [-0.15, -0.1) is 0 Å². The summed E-state index contributed by atoms with van der Waals surface area (Å²) in [5.41, 5.74) is 1.40. The molecule has 1 aliphatic carbocycles. The molecule has 0 radical (unpaired) electrons. The minimum Gasteiger partial charge on any atom is -0.497 e. The highest BCUT2D eigenvalue weighted by Gasteiger charge is 2.22. The summed E-state index contributed by atoms with van der Waals surface area (Å²) in [6.45, 7) is 4.72. The smallest absolute Gasteiger partial charge is 0.118 e. The molecule has 112 valence electrons. The number of aryl methyl sites for hydroxylation is 1. The highest BCUT2D eigenvalue weighted by atomic mass is 16.5. The van der Waals surface area contributed by atoms with E-state index in [1.54, 1.807) is 7.11 Å². The van der Waals surface area contributed by atoms with Crippen molar-refractivity contribution in [3.8, 4) is 5.75 Å². The van der Waals surface area contributed by atoms with Gasteiger partial charge in [-0.1, -0.05) is 31.9 Å². The zero-order valence-corrected chi connectivity index (χ0v) is 13.2. The van der Waals surface area contributed by atoms with Gasteiger partial charge in [-0.3, -0.25) is 0 Å². The average Bonchev–Trinajstić information content (AvgIpc) is 2.48. The van der Waals surface area contributed by atoms with Gasteiger partial charge in [-0.25, -0.2) is 0 Å². The van der Waals surface area contributed by atoms with Crippen molar-refractivity contribution in [2.75, 3.05) is 7.11 Å². The maximum Gasteiger partial charge on any atom is 0.118 e. The fourth-order valence-electron chi connectivity index (χ4n) is 3.19. The first-order chi connectivity index (χ1) is 9.69. The summed E-state index contributed by atoms with van der Waals surface area (Å²) in [7, 11) is 1.71. The van der Waals surface area contributed by atoms with Crippen LogP contribution in [0.3, 0.4) is 0 Å². The van der Waals surface area contributed by atoms with E-state index in [-0.39, 0.29) is 0 Å². The summed E-state index contributed by atoms with van der Waals surface area (Å²) >= 11 is 0. The maximum atomic E-state index is 5.19. The van der Waals surface area contributed by atoms with Gasteiger partial charge in [0.25, 0.3) is 0 Å². The predicted molar refractivity (Wildman–Crippen MR) is 85.3 cm³/mol. The molecule has 0 saturated heterocycles. The fourth-order valence-corrected chi connectivity index (χ4v) is 3.19. The van der Waals surface area contributed by atoms with Crippen molar-refractivity contribution in [2.45, 2.75) is 64.5 Å². The standard InChI is InChI=1S/C18H29NO/c1-14-6-4-5-7-18(14)19-15(2)8-9-16-10-12-17(20-3)13-11-16/h10-15,18-19H,4-9H2,1-3H3/t14-,15-,18+/m0/s1. The molecule has 0 heterocycles. The fraction of sp³-hybridized carbons (Fsp3) is 0.667. The number of ether oxygens (including phenoxy) is 1. The van der Waals surface area contributed by atoms with Gasteiger partial charge in [-0.2, -0.15) is 0 Å². The van der Waals surface area contributed by atoms with E-state index in [4.69, 9.17) is 4.74 Å². The Bertz CT molecular complexity index is 387. The lowest BCUT2D eigenvalue weighted by Gasteiger charge is -2.32. The lowest BCUT2D eigenvalue weighted by atomic mass is 9.85. The van der Waals surface area contributed by atoms with Crippen LogP contribution in [0.5, 0.6) is 5.75 Å². The van der Waals surface area contributed by atoms with E-state index in [2.05, 4.69) is 43.4 Å². The van der Waals surface area contributed by atoms with Gasteiger partial charge in [0, 0.05) is 12.1 Å². The quantitative estimate of drug-likeness (QED) is 0.840. The van der Waals surface area contributed by atoms with E-state index in [0.717, 1.165) is 24.1 Å². The molecule has 3 atom stereocenters. The third-order valence-corrected chi connectivity index (χ3v) is 4.64. The number of benzene rings is 1. The Kier molecular flexibility index (Phi) is 5.90. The Morgan fingerprint density at radius 1 is 1.20 bits per heavy atom. The second kappa shape index (κ2) is 7.68. The average molecular weight is 275 g/mol. The Balaban J connectivity index is 1.74. The van der Waals surface area contributed by atoms with Crippen LogP contribution in [0.15, 0.2) is 24.3 Å². The van der Waals surface area contributed by atoms with Crippen LogP contribution in [0.4, 0.5) is 0 Å². The Morgan fingerprint density at radius 3 is 2.55 bits per heavy atom. The van der Waals surface area contributed by atoms with Gasteiger partial charge < -0.3 is 10.1 Å². The van der Waals surface area contributed by atoms with E-state index in [1.165, 1.54) is 37.7 Å². The van der Waals surface area contributed by atoms with Crippen LogP contribution in [0.25, 0.3) is 0 Å². The first-order valence-corrected chi connectivity index (χ1v) is 8.08. The molecule has 0 aliphatic heterocycles. The van der Waals surface area contributed by atoms with Crippen molar-refractivity contribution in [3.63, 3.8) is 0 Å². The van der Waals surface area contributed by atoms with Crippen molar-refractivity contribution in [3.05, 3.63) is 29.8 Å². The predicted octanol–water partition coefficient (Wildman–Crippen LogP) is 4.18. The van der Waals surface area contributed by atoms with E-state index in [0.29, 0.717) is 6.04 Å². The SMILES string of the molecule is COc1ccc(CC[C@H](C)N[C@@H]2CCCC[C@@H]2C)cc1. The number of hydrogen-bond acceptors (Lipinski definition) is 2. The molecule has 1 aromatic carbocycles. The lowest BCUT2D eigenvalue weighted by molar-refractivity contribution is 0.258. The Morgan fingerprint density at radius 2 is 1.90 bits per heavy atom. The van der Waals surface area contributed by atoms with Gasteiger partial charge in [0.2, 0.25) is 0 Å². The third-order valence-electron chi connectivity index (χ3n) is 4.64. The Hall–Kier alpha value is -1.02. The lowest BCUT2D eigenvalue weighted by Crippen LogP contribution is -2.42. The molecule has 2 heteroatoms. The number of nitrogens with one attached hydrogen (secondary N) is 1. The van der Waals surface area contributed by atoms with Crippen LogP contribution >= 0.6 is 0 Å². The third kappa shape index (κ3) is 4.52. The van der Waals surface area contributed by atoms with E-state index in [1.807, 2.05) is 0 Å². The van der Waals surface area contributed by atoms with Crippen LogP contribution in [0, 0.1) is 5.92 Å². The molecule has 1 aromatic rings. The summed E-state index contributed by atoms with van der Waals surface area (Å²) in [5.74, 6) is 1.78. The topological polar surface area (TPSA) is 21.3 Å². The van der Waals surface area contributed by atoms with Crippen molar-refractivity contribution in [1.82, 2.24) is 5.32 Å². The van der Waals surface area contributed by atoms with Gasteiger partial charge in [-0.05, 0) is 56.2 Å². The molecular weight excluding hydrogens is 246 g/mol. The van der Waals surface area contributed by atoms with Gasteiger partial charge in [0.05, 0.1) is 7.11 Å². The summed E-state index contributed by atoms with van der Waals surface area (Å²) in [6.07, 6.45) is 7.90. The first kappa shape index (κ1) is 15.4. The second-order valence-corrected chi connectivity index (χ2v) is 6.32. The molecule has 0 spiro atoms. The summed E-state index contributed by atoms with van der Waals surface area (Å²) in [4.78, 5) is 0. The highest BCUT2D eigenvalue weighted by Crippen LogP contribution is 2.24. The zero-order valence-electron chi connectivity index (χ0n) is 13.2. The Labute approximate surface area is 123 Å². The molecule has 0 unspecified atom stereocenters. The molecule has 20 heavy (non-hydrogen) atoms. The first-order valence-electron chi connectivity index (χ1n) is 8.08. The van der Waals surface area contributed by atoms with Crippen LogP contribution < -0.4 is 10.1 Å². The van der Waals surface area contributed by atoms with Gasteiger partial charge in [0.15, 0.2) is 0 Å². The molecule has 1 saturated carbocycles. The molecule has 0 amide bonds. The van der Waals surface area contributed by atoms with E-state index in [9.17, 15) is 0 Å². The molecule has 2 rings (SSSR count). The van der Waals surface area contributed by atoms with Crippen LogP contribution in [0.2, 0.25) is 0 Å². The minimum atomic E-state index is 0.600. The molecule has 0 aromatic heterocycles. The molecule has 2 nitrogen and oxygen atoms in total. The zero-order chi connectivity index (χ0) is 14.4. The summed E-state index contributed by atoms with van der Waals surface area (Å²) in [5, 5.41) is 3.84. The normalized spacial score (nSPS) is 24.4. The van der Waals surface area contributed by atoms with Crippen LogP contribution in [-0.2, 0) is 6.42 Å². The molecular formula is C18H29NO. The second-order valence-electron chi connectivity index (χ2n) is 6.32. The largest absolute Gasteiger partial charge is 0.497 e. The van der Waals surface area contributed by atoms with Crippen LogP contribution in [-0.4, -0.2) is 19.2 Å². The molecule has 1 aliphatic rings. The maximum absolute atomic E-state index is 5.19. The van der Waals surface area contributed by atoms with Crippen molar-refractivity contribution in [1.29, 1.82) is 0 Å². The molecule has 1 N–H and O–H groups in total. The van der Waals surface area contributed by atoms with Gasteiger partial charge >= 0.3 is 0 Å². The van der Waals surface area contributed by atoms with E-state index >= 15 is 0 Å². The van der Waals surface area contributed by atoms with Crippen molar-refractivity contribution >= 4 is 0 Å². The molecule has 1 fully saturated rings. The number of rotatable bonds is 6. The monoisotopic (exact) mass is 275 g/mol. The van der Waals surface area contributed by atoms with Crippen LogP contribution in [0.1, 0.15) is 51.5 Å². The minimum absolute atomic E-state index is 0.600. The van der Waals surface area contributed by atoms with Crippen molar-refractivity contribution in [2.24, 2.45) is 5.92 Å². The summed E-state index contributed by atoms with van der Waals surface area (Å²) in [6, 6.07) is 9.79. The number of hydrogen-bond donors (Lipinski definition) is 1. The van der Waals surface area contributed by atoms with E-state index < -0.39 is 0 Å².